The Morgan fingerprint density at radius 3 is 2.48 bits per heavy atom. The van der Waals surface area contributed by atoms with Gasteiger partial charge in [0.05, 0.1) is 18.3 Å². The van der Waals surface area contributed by atoms with E-state index in [0.29, 0.717) is 11.6 Å². The van der Waals surface area contributed by atoms with Gasteiger partial charge in [0.2, 0.25) is 5.91 Å². The molecule has 0 radical (unpaired) electrons. The number of carbonyl (C=O) groups is 1. The van der Waals surface area contributed by atoms with Gasteiger partial charge in [0.15, 0.2) is 0 Å². The fourth-order valence-corrected chi connectivity index (χ4v) is 3.95. The Morgan fingerprint density at radius 2 is 1.90 bits per heavy atom. The van der Waals surface area contributed by atoms with Crippen LogP contribution in [0.1, 0.15) is 63.1 Å². The molecule has 1 fully saturated rings. The minimum absolute atomic E-state index is 0.117. The van der Waals surface area contributed by atoms with Crippen LogP contribution in [-0.2, 0) is 4.79 Å². The van der Waals surface area contributed by atoms with E-state index in [9.17, 15) is 9.18 Å². The number of rotatable bonds is 7. The minimum atomic E-state index is -0.226. The van der Waals surface area contributed by atoms with Gasteiger partial charge in [-0.15, -0.1) is 0 Å². The van der Waals surface area contributed by atoms with Gasteiger partial charge in [0.25, 0.3) is 0 Å². The molecule has 0 spiro atoms. The van der Waals surface area contributed by atoms with Crippen LogP contribution in [0.25, 0.3) is 0 Å². The van der Waals surface area contributed by atoms with Gasteiger partial charge in [-0.3, -0.25) is 4.79 Å². The molecule has 2 aromatic rings. The Labute approximate surface area is 173 Å². The van der Waals surface area contributed by atoms with E-state index in [1.807, 2.05) is 31.2 Å². The second kappa shape index (κ2) is 9.77. The summed E-state index contributed by atoms with van der Waals surface area (Å²) in [6, 6.07) is 13.5. The molecule has 1 aliphatic heterocycles. The quantitative estimate of drug-likeness (QED) is 0.697. The largest absolute Gasteiger partial charge is 0.494 e. The monoisotopic (exact) mass is 398 g/mol. The SMILES string of the molecule is CCCOc1ccc(C2CCN(c3ccc(C(C)NC(C)=O)cc3F)CC2)cc1. The number of nitrogens with one attached hydrogen (secondary N) is 1. The van der Waals surface area contributed by atoms with E-state index in [4.69, 9.17) is 4.74 Å². The lowest BCUT2D eigenvalue weighted by Crippen LogP contribution is -2.33. The Morgan fingerprint density at radius 1 is 1.21 bits per heavy atom. The zero-order chi connectivity index (χ0) is 20.8. The molecule has 3 rings (SSSR count). The first kappa shape index (κ1) is 21.2. The fourth-order valence-electron chi connectivity index (χ4n) is 3.95. The zero-order valence-corrected chi connectivity index (χ0v) is 17.6. The average molecular weight is 399 g/mol. The number of halogens is 1. The van der Waals surface area contributed by atoms with Crippen molar-refractivity contribution >= 4 is 11.6 Å². The molecule has 5 heteroatoms. The van der Waals surface area contributed by atoms with Crippen LogP contribution >= 0.6 is 0 Å². The average Bonchev–Trinajstić information content (AvgIpc) is 2.72. The van der Waals surface area contributed by atoms with Crippen molar-refractivity contribution < 1.29 is 13.9 Å². The number of piperidine rings is 1. The molecule has 0 bridgehead atoms. The van der Waals surface area contributed by atoms with Gasteiger partial charge >= 0.3 is 0 Å². The van der Waals surface area contributed by atoms with Crippen molar-refractivity contribution in [1.29, 1.82) is 0 Å². The van der Waals surface area contributed by atoms with Crippen LogP contribution in [0.3, 0.4) is 0 Å². The van der Waals surface area contributed by atoms with Crippen LogP contribution in [0.5, 0.6) is 5.75 Å². The first-order valence-corrected chi connectivity index (χ1v) is 10.5. The summed E-state index contributed by atoms with van der Waals surface area (Å²) in [5.41, 5.74) is 2.75. The molecule has 1 amide bonds. The lowest BCUT2D eigenvalue weighted by molar-refractivity contribution is -0.119. The highest BCUT2D eigenvalue weighted by Gasteiger charge is 2.23. The van der Waals surface area contributed by atoms with Gasteiger partial charge < -0.3 is 15.0 Å². The van der Waals surface area contributed by atoms with E-state index in [1.165, 1.54) is 18.6 Å². The second-order valence-corrected chi connectivity index (χ2v) is 7.81. The number of nitrogens with zero attached hydrogens (tertiary/aromatic N) is 1. The zero-order valence-electron chi connectivity index (χ0n) is 17.6. The lowest BCUT2D eigenvalue weighted by atomic mass is 9.89. The van der Waals surface area contributed by atoms with E-state index in [1.54, 1.807) is 0 Å². The fraction of sp³-hybridized carbons (Fsp3) is 0.458. The van der Waals surface area contributed by atoms with Gasteiger partial charge in [-0.2, -0.15) is 0 Å². The van der Waals surface area contributed by atoms with Gasteiger partial charge in [0, 0.05) is 20.0 Å². The van der Waals surface area contributed by atoms with Crippen molar-refractivity contribution in [3.63, 3.8) is 0 Å². The van der Waals surface area contributed by atoms with Gasteiger partial charge in [0.1, 0.15) is 11.6 Å². The molecule has 0 saturated carbocycles. The topological polar surface area (TPSA) is 41.6 Å². The van der Waals surface area contributed by atoms with Crippen molar-refractivity contribution in [3.05, 3.63) is 59.4 Å². The first-order valence-electron chi connectivity index (χ1n) is 10.5. The maximum Gasteiger partial charge on any atom is 0.217 e. The van der Waals surface area contributed by atoms with E-state index in [2.05, 4.69) is 29.3 Å². The minimum Gasteiger partial charge on any atom is -0.494 e. The van der Waals surface area contributed by atoms with Crippen molar-refractivity contribution in [2.24, 2.45) is 0 Å². The maximum atomic E-state index is 14.7. The molecule has 0 aromatic heterocycles. The highest BCUT2D eigenvalue weighted by molar-refractivity contribution is 5.73. The van der Waals surface area contributed by atoms with Gasteiger partial charge in [-0.05, 0) is 67.5 Å². The van der Waals surface area contributed by atoms with Crippen LogP contribution in [0.15, 0.2) is 42.5 Å². The standard InChI is InChI=1S/C24H31FN2O2/c1-4-15-29-22-8-5-19(6-9-22)20-11-13-27(14-12-20)24-10-7-21(16-23(24)25)17(2)26-18(3)28/h5-10,16-17,20H,4,11-15H2,1-3H3,(H,26,28). The Hall–Kier alpha value is -2.56. The third kappa shape index (κ3) is 5.49. The molecular formula is C24H31FN2O2. The Balaban J connectivity index is 1.59. The highest BCUT2D eigenvalue weighted by atomic mass is 19.1. The first-order chi connectivity index (χ1) is 14.0. The summed E-state index contributed by atoms with van der Waals surface area (Å²) in [5.74, 6) is 1.07. The van der Waals surface area contributed by atoms with Gasteiger partial charge in [-0.25, -0.2) is 4.39 Å². The van der Waals surface area contributed by atoms with E-state index in [0.717, 1.165) is 50.3 Å². The highest BCUT2D eigenvalue weighted by Crippen LogP contribution is 2.33. The summed E-state index contributed by atoms with van der Waals surface area (Å²) >= 11 is 0. The number of ether oxygens (including phenoxy) is 1. The van der Waals surface area contributed by atoms with E-state index < -0.39 is 0 Å². The molecule has 1 saturated heterocycles. The molecule has 1 heterocycles. The summed E-state index contributed by atoms with van der Waals surface area (Å²) in [6.45, 7) is 7.83. The van der Waals surface area contributed by atoms with Crippen molar-refractivity contribution in [3.8, 4) is 5.75 Å². The number of amides is 1. The number of hydrogen-bond donors (Lipinski definition) is 1. The van der Waals surface area contributed by atoms with E-state index >= 15 is 0 Å². The summed E-state index contributed by atoms with van der Waals surface area (Å²) in [4.78, 5) is 13.3. The van der Waals surface area contributed by atoms with Crippen LogP contribution in [0.2, 0.25) is 0 Å². The third-order valence-electron chi connectivity index (χ3n) is 5.55. The molecule has 2 aromatic carbocycles. The molecular weight excluding hydrogens is 367 g/mol. The van der Waals surface area contributed by atoms with Crippen LogP contribution < -0.4 is 15.0 Å². The smallest absolute Gasteiger partial charge is 0.217 e. The van der Waals surface area contributed by atoms with Crippen LogP contribution in [0, 0.1) is 5.82 Å². The van der Waals surface area contributed by atoms with Crippen molar-refractivity contribution in [1.82, 2.24) is 5.32 Å². The molecule has 1 atom stereocenters. The lowest BCUT2D eigenvalue weighted by Gasteiger charge is -2.34. The summed E-state index contributed by atoms with van der Waals surface area (Å²) in [6.07, 6.45) is 3.00. The van der Waals surface area contributed by atoms with Crippen LogP contribution in [-0.4, -0.2) is 25.6 Å². The van der Waals surface area contributed by atoms with Gasteiger partial charge in [-0.1, -0.05) is 25.1 Å². The Kier molecular flexibility index (Phi) is 7.13. The second-order valence-electron chi connectivity index (χ2n) is 7.81. The molecule has 4 nitrogen and oxygen atoms in total. The molecule has 0 aliphatic carbocycles. The summed E-state index contributed by atoms with van der Waals surface area (Å²) in [7, 11) is 0. The molecule has 1 unspecified atom stereocenters. The number of benzene rings is 2. The molecule has 156 valence electrons. The van der Waals surface area contributed by atoms with E-state index in [-0.39, 0.29) is 17.8 Å². The third-order valence-corrected chi connectivity index (χ3v) is 5.55. The summed E-state index contributed by atoms with van der Waals surface area (Å²) < 4.78 is 20.4. The Bertz CT molecular complexity index is 814. The van der Waals surface area contributed by atoms with Crippen molar-refractivity contribution in [2.45, 2.75) is 52.0 Å². The van der Waals surface area contributed by atoms with Crippen LogP contribution in [0.4, 0.5) is 10.1 Å². The molecule has 29 heavy (non-hydrogen) atoms. The predicted molar refractivity (Wildman–Crippen MR) is 115 cm³/mol. The predicted octanol–water partition coefficient (Wildman–Crippen LogP) is 5.20. The molecule has 1 aliphatic rings. The number of hydrogen-bond acceptors (Lipinski definition) is 3. The normalized spacial score (nSPS) is 15.8. The number of carbonyl (C=O) groups excluding carboxylic acids is 1. The maximum absolute atomic E-state index is 14.7. The van der Waals surface area contributed by atoms with Crippen molar-refractivity contribution in [2.75, 3.05) is 24.6 Å². The summed E-state index contributed by atoms with van der Waals surface area (Å²) in [5, 5.41) is 2.80. The molecule has 1 N–H and O–H groups in total. The number of anilines is 1.